The van der Waals surface area contributed by atoms with Gasteiger partial charge in [0.15, 0.2) is 0 Å². The molecule has 1 heterocycles. The van der Waals surface area contributed by atoms with Gasteiger partial charge in [-0.3, -0.25) is 9.59 Å². The van der Waals surface area contributed by atoms with Crippen molar-refractivity contribution in [2.24, 2.45) is 0 Å². The summed E-state index contributed by atoms with van der Waals surface area (Å²) in [6.07, 6.45) is 1.60. The zero-order chi connectivity index (χ0) is 17.4. The monoisotopic (exact) mass is 328 g/mol. The van der Waals surface area contributed by atoms with Gasteiger partial charge in [-0.05, 0) is 36.4 Å². The maximum Gasteiger partial charge on any atom is 0.274 e. The summed E-state index contributed by atoms with van der Waals surface area (Å²) in [6, 6.07) is 10.3. The van der Waals surface area contributed by atoms with E-state index in [-0.39, 0.29) is 11.8 Å². The molecule has 1 aromatic heterocycles. The van der Waals surface area contributed by atoms with Gasteiger partial charge in [0.05, 0.1) is 18.5 Å². The number of rotatable bonds is 7. The molecule has 0 saturated heterocycles. The largest absolute Gasteiger partial charge is 0.383 e. The van der Waals surface area contributed by atoms with Crippen LogP contribution in [0.5, 0.6) is 0 Å². The molecular weight excluding hydrogens is 308 g/mol. The van der Waals surface area contributed by atoms with E-state index in [4.69, 9.17) is 4.74 Å². The molecule has 0 saturated carbocycles. The number of pyridine rings is 1. The molecule has 126 valence electrons. The molecule has 0 bridgehead atoms. The molecule has 0 fully saturated rings. The van der Waals surface area contributed by atoms with E-state index in [9.17, 15) is 9.59 Å². The molecular formula is C17H20N4O3. The third-order valence-electron chi connectivity index (χ3n) is 3.09. The van der Waals surface area contributed by atoms with Gasteiger partial charge in [0.2, 0.25) is 5.91 Å². The number of ether oxygens (including phenoxy) is 1. The van der Waals surface area contributed by atoms with E-state index >= 15 is 0 Å². The number of methoxy groups -OCH3 is 1. The number of anilines is 3. The minimum atomic E-state index is -0.300. The van der Waals surface area contributed by atoms with E-state index in [0.29, 0.717) is 30.2 Å². The van der Waals surface area contributed by atoms with Gasteiger partial charge in [-0.15, -0.1) is 0 Å². The van der Waals surface area contributed by atoms with E-state index in [1.807, 2.05) is 0 Å². The first-order valence-corrected chi connectivity index (χ1v) is 7.46. The molecule has 0 aliphatic heterocycles. The first kappa shape index (κ1) is 17.4. The molecule has 3 N–H and O–H groups in total. The standard InChI is InChI=1S/C17H20N4O3/c1-12(22)20-13-3-5-14(6-4-13)21-17(23)16-8-7-15(11-19-16)18-9-10-24-2/h3-8,11,18H,9-10H2,1-2H3,(H,20,22)(H,21,23). The molecule has 2 rings (SSSR count). The molecule has 0 aliphatic rings. The predicted molar refractivity (Wildman–Crippen MR) is 93.3 cm³/mol. The summed E-state index contributed by atoms with van der Waals surface area (Å²) in [7, 11) is 1.63. The fourth-order valence-electron chi connectivity index (χ4n) is 1.97. The Morgan fingerprint density at radius 1 is 1.00 bits per heavy atom. The second-order valence-electron chi connectivity index (χ2n) is 5.06. The third kappa shape index (κ3) is 5.36. The number of nitrogens with zero attached hydrogens (tertiary/aromatic N) is 1. The fourth-order valence-corrected chi connectivity index (χ4v) is 1.97. The Balaban J connectivity index is 1.93. The van der Waals surface area contributed by atoms with Gasteiger partial charge < -0.3 is 20.7 Å². The third-order valence-corrected chi connectivity index (χ3v) is 3.09. The summed E-state index contributed by atoms with van der Waals surface area (Å²) in [5.41, 5.74) is 2.43. The first-order chi connectivity index (χ1) is 11.6. The van der Waals surface area contributed by atoms with Crippen LogP contribution in [0, 0.1) is 0 Å². The summed E-state index contributed by atoms with van der Waals surface area (Å²) >= 11 is 0. The van der Waals surface area contributed by atoms with Gasteiger partial charge in [0.1, 0.15) is 5.69 Å². The molecule has 7 nitrogen and oxygen atoms in total. The van der Waals surface area contributed by atoms with Crippen LogP contribution in [-0.4, -0.2) is 37.1 Å². The molecule has 24 heavy (non-hydrogen) atoms. The average molecular weight is 328 g/mol. The summed E-state index contributed by atoms with van der Waals surface area (Å²) in [5.74, 6) is -0.444. The summed E-state index contributed by atoms with van der Waals surface area (Å²) in [4.78, 5) is 27.3. The molecule has 7 heteroatoms. The van der Waals surface area contributed by atoms with Crippen molar-refractivity contribution >= 4 is 28.9 Å². The van der Waals surface area contributed by atoms with Crippen molar-refractivity contribution in [2.75, 3.05) is 36.2 Å². The van der Waals surface area contributed by atoms with Crippen LogP contribution >= 0.6 is 0 Å². The molecule has 2 amide bonds. The van der Waals surface area contributed by atoms with E-state index < -0.39 is 0 Å². The van der Waals surface area contributed by atoms with Gasteiger partial charge in [-0.2, -0.15) is 0 Å². The van der Waals surface area contributed by atoms with Crippen molar-refractivity contribution < 1.29 is 14.3 Å². The van der Waals surface area contributed by atoms with Gasteiger partial charge in [0.25, 0.3) is 5.91 Å². The minimum absolute atomic E-state index is 0.143. The van der Waals surface area contributed by atoms with Gasteiger partial charge in [-0.25, -0.2) is 4.98 Å². The number of hydrogen-bond acceptors (Lipinski definition) is 5. The Morgan fingerprint density at radius 2 is 1.62 bits per heavy atom. The summed E-state index contributed by atoms with van der Waals surface area (Å²) in [6.45, 7) is 2.70. The molecule has 0 unspecified atom stereocenters. The average Bonchev–Trinajstić information content (AvgIpc) is 2.57. The number of aromatic nitrogens is 1. The highest BCUT2D eigenvalue weighted by Crippen LogP contribution is 2.14. The number of benzene rings is 1. The van der Waals surface area contributed by atoms with Crippen LogP contribution in [0.2, 0.25) is 0 Å². The zero-order valence-corrected chi connectivity index (χ0v) is 13.6. The van der Waals surface area contributed by atoms with Crippen LogP contribution in [0.15, 0.2) is 42.6 Å². The quantitative estimate of drug-likeness (QED) is 0.679. The molecule has 0 aliphatic carbocycles. The van der Waals surface area contributed by atoms with Crippen molar-refractivity contribution in [3.8, 4) is 0 Å². The van der Waals surface area contributed by atoms with E-state index in [2.05, 4.69) is 20.9 Å². The highest BCUT2D eigenvalue weighted by atomic mass is 16.5. The number of nitrogens with one attached hydrogen (secondary N) is 3. The second-order valence-corrected chi connectivity index (χ2v) is 5.06. The van der Waals surface area contributed by atoms with Crippen LogP contribution < -0.4 is 16.0 Å². The lowest BCUT2D eigenvalue weighted by Crippen LogP contribution is -2.14. The van der Waals surface area contributed by atoms with E-state index in [1.54, 1.807) is 49.7 Å². The van der Waals surface area contributed by atoms with Gasteiger partial charge in [-0.1, -0.05) is 0 Å². The second kappa shape index (κ2) is 8.64. The maximum atomic E-state index is 12.2. The minimum Gasteiger partial charge on any atom is -0.383 e. The maximum absolute atomic E-state index is 12.2. The molecule has 0 atom stereocenters. The smallest absolute Gasteiger partial charge is 0.274 e. The van der Waals surface area contributed by atoms with Crippen LogP contribution in [0.1, 0.15) is 17.4 Å². The Labute approximate surface area is 140 Å². The lowest BCUT2D eigenvalue weighted by Gasteiger charge is -2.08. The normalized spacial score (nSPS) is 10.1. The SMILES string of the molecule is COCCNc1ccc(C(=O)Nc2ccc(NC(C)=O)cc2)nc1. The van der Waals surface area contributed by atoms with Crippen molar-refractivity contribution in [1.29, 1.82) is 0 Å². The predicted octanol–water partition coefficient (Wildman–Crippen LogP) is 2.35. The molecule has 0 spiro atoms. The molecule has 1 aromatic carbocycles. The van der Waals surface area contributed by atoms with E-state index in [0.717, 1.165) is 5.69 Å². The van der Waals surface area contributed by atoms with Crippen molar-refractivity contribution in [2.45, 2.75) is 6.92 Å². The van der Waals surface area contributed by atoms with Crippen molar-refractivity contribution in [1.82, 2.24) is 4.98 Å². The Morgan fingerprint density at radius 3 is 2.17 bits per heavy atom. The number of carbonyl (C=O) groups excluding carboxylic acids is 2. The lowest BCUT2D eigenvalue weighted by molar-refractivity contribution is -0.114. The van der Waals surface area contributed by atoms with Crippen molar-refractivity contribution in [3.05, 3.63) is 48.3 Å². The number of hydrogen-bond donors (Lipinski definition) is 3. The number of amides is 2. The lowest BCUT2D eigenvalue weighted by atomic mass is 10.2. The van der Waals surface area contributed by atoms with E-state index in [1.165, 1.54) is 6.92 Å². The molecule has 2 aromatic rings. The van der Waals surface area contributed by atoms with Gasteiger partial charge >= 0.3 is 0 Å². The van der Waals surface area contributed by atoms with Crippen molar-refractivity contribution in [3.63, 3.8) is 0 Å². The highest BCUT2D eigenvalue weighted by molar-refractivity contribution is 6.03. The zero-order valence-electron chi connectivity index (χ0n) is 13.6. The fraction of sp³-hybridized carbons (Fsp3) is 0.235. The first-order valence-electron chi connectivity index (χ1n) is 7.46. The summed E-state index contributed by atoms with van der Waals surface area (Å²) in [5, 5.41) is 8.55. The number of carbonyl (C=O) groups is 2. The van der Waals surface area contributed by atoms with Crippen LogP contribution in [-0.2, 0) is 9.53 Å². The van der Waals surface area contributed by atoms with Crippen LogP contribution in [0.25, 0.3) is 0 Å². The highest BCUT2D eigenvalue weighted by Gasteiger charge is 2.08. The Bertz CT molecular complexity index is 684. The van der Waals surface area contributed by atoms with Crippen LogP contribution in [0.3, 0.4) is 0 Å². The topological polar surface area (TPSA) is 92.4 Å². The van der Waals surface area contributed by atoms with Crippen LogP contribution in [0.4, 0.5) is 17.1 Å². The Hall–Kier alpha value is -2.93. The Kier molecular flexibility index (Phi) is 6.27. The summed E-state index contributed by atoms with van der Waals surface area (Å²) < 4.78 is 4.95. The van der Waals surface area contributed by atoms with Gasteiger partial charge in [0, 0.05) is 32.0 Å². The molecule has 0 radical (unpaired) electrons.